The van der Waals surface area contributed by atoms with Gasteiger partial charge in [-0.05, 0) is 37.7 Å². The fourth-order valence-electron chi connectivity index (χ4n) is 1.45. The highest BCUT2D eigenvalue weighted by molar-refractivity contribution is 6.17. The van der Waals surface area contributed by atoms with Gasteiger partial charge in [-0.15, -0.1) is 11.6 Å². The number of halogens is 1. The van der Waals surface area contributed by atoms with Crippen LogP contribution < -0.4 is 4.74 Å². The molecule has 0 saturated heterocycles. The quantitative estimate of drug-likeness (QED) is 0.693. The third kappa shape index (κ3) is 4.54. The monoisotopic (exact) mass is 227 g/mol. The lowest BCUT2D eigenvalue weighted by atomic mass is 10.2. The number of methoxy groups -OCH3 is 1. The molecule has 1 aromatic carbocycles. The number of alkyl halides is 1. The van der Waals surface area contributed by atoms with Crippen molar-refractivity contribution in [2.45, 2.75) is 13.0 Å². The van der Waals surface area contributed by atoms with E-state index in [0.717, 1.165) is 31.1 Å². The van der Waals surface area contributed by atoms with Crippen LogP contribution in [0.4, 0.5) is 0 Å². The maximum atomic E-state index is 5.64. The maximum absolute atomic E-state index is 5.64. The second-order valence-electron chi connectivity index (χ2n) is 3.63. The van der Waals surface area contributed by atoms with Crippen molar-refractivity contribution in [2.24, 2.45) is 0 Å². The van der Waals surface area contributed by atoms with Crippen LogP contribution in [-0.4, -0.2) is 31.5 Å². The van der Waals surface area contributed by atoms with Crippen molar-refractivity contribution in [3.8, 4) is 5.75 Å². The van der Waals surface area contributed by atoms with Crippen LogP contribution in [0.25, 0.3) is 0 Å². The van der Waals surface area contributed by atoms with Crippen LogP contribution in [0.1, 0.15) is 12.0 Å². The molecule has 0 heterocycles. The summed E-state index contributed by atoms with van der Waals surface area (Å²) in [5, 5.41) is 0. The largest absolute Gasteiger partial charge is 0.497 e. The lowest BCUT2D eigenvalue weighted by molar-refractivity contribution is 0.328. The summed E-state index contributed by atoms with van der Waals surface area (Å²) in [5.74, 6) is 1.63. The van der Waals surface area contributed by atoms with Gasteiger partial charge < -0.3 is 9.64 Å². The van der Waals surface area contributed by atoms with Crippen molar-refractivity contribution in [2.75, 3.05) is 26.6 Å². The van der Waals surface area contributed by atoms with E-state index < -0.39 is 0 Å². The zero-order valence-corrected chi connectivity index (χ0v) is 10.1. The SMILES string of the molecule is COc1ccc(CN(C)CCCCl)cc1. The van der Waals surface area contributed by atoms with Crippen molar-refractivity contribution in [3.05, 3.63) is 29.8 Å². The Bertz CT molecular complexity index is 273. The van der Waals surface area contributed by atoms with E-state index in [1.165, 1.54) is 5.56 Å². The topological polar surface area (TPSA) is 12.5 Å². The summed E-state index contributed by atoms with van der Waals surface area (Å²) in [7, 11) is 3.79. The Kier molecular flexibility index (Phi) is 5.51. The van der Waals surface area contributed by atoms with Crippen molar-refractivity contribution in [3.63, 3.8) is 0 Å². The van der Waals surface area contributed by atoms with E-state index in [0.29, 0.717) is 0 Å². The van der Waals surface area contributed by atoms with E-state index in [-0.39, 0.29) is 0 Å². The molecule has 0 N–H and O–H groups in total. The zero-order chi connectivity index (χ0) is 11.1. The van der Waals surface area contributed by atoms with Crippen LogP contribution in [0.2, 0.25) is 0 Å². The number of rotatable bonds is 6. The number of hydrogen-bond donors (Lipinski definition) is 0. The van der Waals surface area contributed by atoms with Gasteiger partial charge in [0, 0.05) is 12.4 Å². The van der Waals surface area contributed by atoms with Gasteiger partial charge in [0.05, 0.1) is 7.11 Å². The Balaban J connectivity index is 2.42. The molecule has 0 bridgehead atoms. The van der Waals surface area contributed by atoms with Gasteiger partial charge in [-0.2, -0.15) is 0 Å². The first-order chi connectivity index (χ1) is 7.26. The Hall–Kier alpha value is -0.730. The average Bonchev–Trinajstić information content (AvgIpc) is 2.27. The minimum Gasteiger partial charge on any atom is -0.497 e. The number of benzene rings is 1. The molecule has 0 atom stereocenters. The number of ether oxygens (including phenoxy) is 1. The maximum Gasteiger partial charge on any atom is 0.118 e. The number of hydrogen-bond acceptors (Lipinski definition) is 2. The standard InChI is InChI=1S/C12H18ClNO/c1-14(9-3-8-13)10-11-4-6-12(15-2)7-5-11/h4-7H,3,8-10H2,1-2H3. The Morgan fingerprint density at radius 2 is 1.93 bits per heavy atom. The first-order valence-electron chi connectivity index (χ1n) is 5.13. The summed E-state index contributed by atoms with van der Waals surface area (Å²) in [6, 6.07) is 8.17. The van der Waals surface area contributed by atoms with Crippen LogP contribution in [0, 0.1) is 0 Å². The highest BCUT2D eigenvalue weighted by Crippen LogP contribution is 2.12. The van der Waals surface area contributed by atoms with E-state index >= 15 is 0 Å². The lowest BCUT2D eigenvalue weighted by Gasteiger charge is -2.15. The first kappa shape index (κ1) is 12.3. The highest BCUT2D eigenvalue weighted by Gasteiger charge is 2.00. The molecule has 0 aliphatic heterocycles. The molecule has 0 radical (unpaired) electrons. The molecule has 84 valence electrons. The van der Waals surface area contributed by atoms with E-state index in [1.54, 1.807) is 7.11 Å². The van der Waals surface area contributed by atoms with Gasteiger partial charge in [0.25, 0.3) is 0 Å². The van der Waals surface area contributed by atoms with Crippen LogP contribution >= 0.6 is 11.6 Å². The predicted molar refractivity (Wildman–Crippen MR) is 64.7 cm³/mol. The Labute approximate surface area is 96.8 Å². The normalized spacial score (nSPS) is 10.7. The smallest absolute Gasteiger partial charge is 0.118 e. The van der Waals surface area contributed by atoms with Crippen LogP contribution in [-0.2, 0) is 6.54 Å². The Morgan fingerprint density at radius 1 is 1.27 bits per heavy atom. The third-order valence-corrected chi connectivity index (χ3v) is 2.55. The zero-order valence-electron chi connectivity index (χ0n) is 9.37. The van der Waals surface area contributed by atoms with Crippen molar-refractivity contribution < 1.29 is 4.74 Å². The minimum absolute atomic E-state index is 0.729. The molecule has 15 heavy (non-hydrogen) atoms. The molecule has 0 amide bonds. The van der Waals surface area contributed by atoms with Crippen LogP contribution in [0.5, 0.6) is 5.75 Å². The molecule has 0 aliphatic rings. The van der Waals surface area contributed by atoms with Gasteiger partial charge in [-0.25, -0.2) is 0 Å². The van der Waals surface area contributed by atoms with E-state index in [9.17, 15) is 0 Å². The summed E-state index contributed by atoms with van der Waals surface area (Å²) < 4.78 is 5.11. The molecular formula is C12H18ClNO. The molecule has 0 aromatic heterocycles. The molecule has 3 heteroatoms. The second kappa shape index (κ2) is 6.70. The van der Waals surface area contributed by atoms with Gasteiger partial charge >= 0.3 is 0 Å². The molecule has 1 aromatic rings. The van der Waals surface area contributed by atoms with E-state index in [1.807, 2.05) is 12.1 Å². The minimum atomic E-state index is 0.729. The summed E-state index contributed by atoms with van der Waals surface area (Å²) >= 11 is 5.64. The van der Waals surface area contributed by atoms with Gasteiger partial charge in [0.15, 0.2) is 0 Å². The molecular weight excluding hydrogens is 210 g/mol. The van der Waals surface area contributed by atoms with E-state index in [2.05, 4.69) is 24.1 Å². The number of nitrogens with zero attached hydrogens (tertiary/aromatic N) is 1. The van der Waals surface area contributed by atoms with Crippen molar-refractivity contribution >= 4 is 11.6 Å². The third-order valence-electron chi connectivity index (χ3n) is 2.29. The molecule has 0 fully saturated rings. The fraction of sp³-hybridized carbons (Fsp3) is 0.500. The highest BCUT2D eigenvalue weighted by atomic mass is 35.5. The molecule has 0 aliphatic carbocycles. The molecule has 0 spiro atoms. The van der Waals surface area contributed by atoms with E-state index in [4.69, 9.17) is 16.3 Å². The molecule has 0 unspecified atom stereocenters. The fourth-order valence-corrected chi connectivity index (χ4v) is 1.57. The Morgan fingerprint density at radius 3 is 2.47 bits per heavy atom. The molecule has 0 saturated carbocycles. The predicted octanol–water partition coefficient (Wildman–Crippen LogP) is 2.76. The van der Waals surface area contributed by atoms with Gasteiger partial charge in [-0.3, -0.25) is 0 Å². The molecule has 1 rings (SSSR count). The first-order valence-corrected chi connectivity index (χ1v) is 5.67. The summed E-state index contributed by atoms with van der Waals surface area (Å²) in [5.41, 5.74) is 1.30. The second-order valence-corrected chi connectivity index (χ2v) is 4.01. The summed E-state index contributed by atoms with van der Waals surface area (Å²) in [4.78, 5) is 2.27. The lowest BCUT2D eigenvalue weighted by Crippen LogP contribution is -2.19. The van der Waals surface area contributed by atoms with Gasteiger partial charge in [-0.1, -0.05) is 12.1 Å². The average molecular weight is 228 g/mol. The van der Waals surface area contributed by atoms with Crippen LogP contribution in [0.3, 0.4) is 0 Å². The van der Waals surface area contributed by atoms with Crippen molar-refractivity contribution in [1.29, 1.82) is 0 Å². The van der Waals surface area contributed by atoms with Gasteiger partial charge in [0.1, 0.15) is 5.75 Å². The summed E-state index contributed by atoms with van der Waals surface area (Å²) in [6.07, 6.45) is 1.04. The summed E-state index contributed by atoms with van der Waals surface area (Å²) in [6.45, 7) is 2.00. The van der Waals surface area contributed by atoms with Crippen LogP contribution in [0.15, 0.2) is 24.3 Å². The van der Waals surface area contributed by atoms with Crippen molar-refractivity contribution in [1.82, 2.24) is 4.90 Å². The van der Waals surface area contributed by atoms with Gasteiger partial charge in [0.2, 0.25) is 0 Å². The molecule has 2 nitrogen and oxygen atoms in total.